The molecule has 0 amide bonds. The third-order valence-electron chi connectivity index (χ3n) is 16.7. The van der Waals surface area contributed by atoms with Gasteiger partial charge in [0.2, 0.25) is 0 Å². The van der Waals surface area contributed by atoms with E-state index in [0.29, 0.717) is 5.56 Å². The van der Waals surface area contributed by atoms with Gasteiger partial charge in [-0.2, -0.15) is 0 Å². The van der Waals surface area contributed by atoms with Crippen molar-refractivity contribution in [3.8, 4) is 78.7 Å². The molecule has 0 aliphatic heterocycles. The van der Waals surface area contributed by atoms with Crippen LogP contribution in [0.1, 0.15) is 49.9 Å². The zero-order valence-corrected chi connectivity index (χ0v) is 74.6. The molecular formula is C100H80F2Ir4N6O5-6. The van der Waals surface area contributed by atoms with Crippen molar-refractivity contribution in [2.45, 2.75) is 55.4 Å². The van der Waals surface area contributed by atoms with Gasteiger partial charge in [-0.3, -0.25) is 19.0 Å². The Kier molecular flexibility index (Phi) is 39.1. The van der Waals surface area contributed by atoms with Crippen LogP contribution in [-0.2, 0) is 90.0 Å². The second-order valence-corrected chi connectivity index (χ2v) is 25.8. The summed E-state index contributed by atoms with van der Waals surface area (Å²) in [5, 5.41) is 22.0. The Labute approximate surface area is 736 Å². The maximum Gasteiger partial charge on any atom is 0.155 e. The SMILES string of the molecule is CC(=O)C=C(C)O.CC(=O)C=C(C)O.Cc1[c-]c(-c2ccc3cc(F)ccc3n2)cc(C)c1.Cc1cc(-c2[c-]cccc2)ncc1-c1ccccc1.Cc1cc(-c2nccc3ccccc23)[c-]cc1F.[Ir].[Ir].[Ir].[Ir].[c-]1ccc2c(oc3ccccc32)c1-c1ccccn1.[c-]1ccccc1-c1ccccn1.[c-]1ccccc1-c1ccccn1. The predicted octanol–water partition coefficient (Wildman–Crippen LogP) is 24.7. The number of aryl methyl sites for hydroxylation is 4. The van der Waals surface area contributed by atoms with Crippen molar-refractivity contribution in [1.29, 1.82) is 0 Å². The van der Waals surface area contributed by atoms with E-state index < -0.39 is 0 Å². The number of carbonyl (C=O) groups is 2. The molecule has 7 heterocycles. The quantitative estimate of drug-likeness (QED) is 0.0803. The van der Waals surface area contributed by atoms with Crippen molar-refractivity contribution in [1.82, 2.24) is 29.9 Å². The summed E-state index contributed by atoms with van der Waals surface area (Å²) < 4.78 is 32.4. The van der Waals surface area contributed by atoms with E-state index in [-0.39, 0.29) is 115 Å². The Morgan fingerprint density at radius 2 is 0.957 bits per heavy atom. The molecule has 0 saturated carbocycles. The minimum absolute atomic E-state index is 0. The first-order valence-corrected chi connectivity index (χ1v) is 36.2. The van der Waals surface area contributed by atoms with Crippen LogP contribution in [0.15, 0.2) is 344 Å². The van der Waals surface area contributed by atoms with E-state index in [9.17, 15) is 18.4 Å². The average molecular weight is 2250 g/mol. The van der Waals surface area contributed by atoms with E-state index in [1.807, 2.05) is 232 Å². The second-order valence-electron chi connectivity index (χ2n) is 25.8. The van der Waals surface area contributed by atoms with Gasteiger partial charge in [-0.1, -0.05) is 165 Å². The normalized spacial score (nSPS) is 10.3. The third-order valence-corrected chi connectivity index (χ3v) is 16.7. The number of aliphatic hydroxyl groups is 2. The molecule has 0 aliphatic carbocycles. The molecule has 0 aliphatic rings. The number of ketones is 2. The van der Waals surface area contributed by atoms with E-state index >= 15 is 0 Å². The Balaban J connectivity index is 0.000000211. The number of aromatic nitrogens is 6. The van der Waals surface area contributed by atoms with Gasteiger partial charge in [-0.25, -0.2) is 4.39 Å². The molecule has 0 spiro atoms. The van der Waals surface area contributed by atoms with E-state index in [1.54, 1.807) is 43.8 Å². The number of pyridine rings is 6. The van der Waals surface area contributed by atoms with E-state index in [2.05, 4.69) is 117 Å². The number of hydrogen-bond donors (Lipinski definition) is 2. The molecule has 7 aromatic heterocycles. The van der Waals surface area contributed by atoms with Crippen LogP contribution < -0.4 is 0 Å². The average Bonchev–Trinajstić information content (AvgIpc) is 1.65. The summed E-state index contributed by atoms with van der Waals surface area (Å²) in [5.74, 6) is -0.598. The molecule has 17 heteroatoms. The van der Waals surface area contributed by atoms with Crippen LogP contribution in [0.5, 0.6) is 0 Å². The van der Waals surface area contributed by atoms with Gasteiger partial charge in [0.25, 0.3) is 0 Å². The Bertz CT molecular complexity index is 5810. The number of carbonyl (C=O) groups excluding carboxylic acids is 2. The minimum atomic E-state index is -0.237. The van der Waals surface area contributed by atoms with Crippen molar-refractivity contribution in [2.24, 2.45) is 0 Å². The molecule has 17 rings (SSSR count). The van der Waals surface area contributed by atoms with Crippen LogP contribution in [0.4, 0.5) is 8.78 Å². The van der Waals surface area contributed by atoms with Crippen LogP contribution in [0.2, 0.25) is 0 Å². The fraction of sp³-hybridized carbons (Fsp3) is 0.0800. The van der Waals surface area contributed by atoms with Gasteiger partial charge in [-0.15, -0.1) is 185 Å². The maximum absolute atomic E-state index is 13.3. The van der Waals surface area contributed by atoms with Crippen LogP contribution >= 0.6 is 0 Å². The van der Waals surface area contributed by atoms with Crippen molar-refractivity contribution >= 4 is 55.2 Å². The van der Waals surface area contributed by atoms with Crippen LogP contribution in [0.25, 0.3) is 122 Å². The fourth-order valence-electron chi connectivity index (χ4n) is 11.6. The maximum atomic E-state index is 13.3. The number of halogens is 2. The molecule has 11 nitrogen and oxygen atoms in total. The first kappa shape index (κ1) is 94.2. The summed E-state index contributed by atoms with van der Waals surface area (Å²) in [6.45, 7) is 13.6. The van der Waals surface area contributed by atoms with Crippen molar-refractivity contribution < 1.29 is 113 Å². The molecule has 17 aromatic rings. The summed E-state index contributed by atoms with van der Waals surface area (Å²) in [6, 6.07) is 110. The number of para-hydroxylation sites is 1. The van der Waals surface area contributed by atoms with Gasteiger partial charge in [-0.05, 0) is 139 Å². The number of hydrogen-bond acceptors (Lipinski definition) is 11. The molecular weight excluding hydrogens is 2170 g/mol. The number of allylic oxidation sites excluding steroid dienone is 4. The van der Waals surface area contributed by atoms with Gasteiger partial charge >= 0.3 is 0 Å². The number of benzene rings is 10. The number of fused-ring (bicyclic) bond motifs is 5. The summed E-state index contributed by atoms with van der Waals surface area (Å²) >= 11 is 0. The summed E-state index contributed by atoms with van der Waals surface area (Å²) in [5.41, 5.74) is 20.4. The summed E-state index contributed by atoms with van der Waals surface area (Å²) in [4.78, 5) is 46.4. The predicted molar refractivity (Wildman–Crippen MR) is 452 cm³/mol. The molecule has 596 valence electrons. The third kappa shape index (κ3) is 28.9. The number of rotatable bonds is 9. The smallest absolute Gasteiger partial charge is 0.155 e. The van der Waals surface area contributed by atoms with Crippen LogP contribution in [0.3, 0.4) is 0 Å². The monoisotopic (exact) mass is 2250 g/mol. The Morgan fingerprint density at radius 3 is 1.49 bits per heavy atom. The summed E-state index contributed by atoms with van der Waals surface area (Å²) in [7, 11) is 0. The topological polar surface area (TPSA) is 165 Å². The second kappa shape index (κ2) is 48.6. The zero-order valence-electron chi connectivity index (χ0n) is 65.1. The van der Waals surface area contributed by atoms with Gasteiger partial charge in [0.1, 0.15) is 11.4 Å². The van der Waals surface area contributed by atoms with E-state index in [1.165, 1.54) is 80.3 Å². The molecule has 4 radical (unpaired) electrons. The van der Waals surface area contributed by atoms with E-state index in [0.717, 1.165) is 117 Å². The fourth-order valence-corrected chi connectivity index (χ4v) is 11.6. The van der Waals surface area contributed by atoms with Gasteiger partial charge in [0.05, 0.1) is 22.6 Å². The minimum Gasteiger partial charge on any atom is -0.512 e. The largest absolute Gasteiger partial charge is 0.512 e. The number of aliphatic hydroxyl groups excluding tert-OH is 2. The standard InChI is InChI=1S/C18H14N.C17H13FN.C17H10NO.C16H11FN.2C11H8N.2C5H8O2.4Ir/c1-14-12-18(16-10-6-3-7-11-16)19-13-17(14)15-8-4-2-5-9-15;1-11-7-12(2)9-14(8-11)17-5-3-13-10-15(18)4-6-16(13)19-17;1-2-10-16-12(6-1)13-7-5-8-14(17(13)19-16)15-9-3-4-11-18-15;1-11-10-13(6-7-15(11)17)16-14-5-3-2-4-12(14)8-9-18-16;2*1-2-6-10(7-3-1)11-8-4-5-9-12-11;2*1-4(6)3-5(2)7;;;;/h2-10,12-13H,1H3;3-8,10H,1-2H3;1-7,9-11H;2-5,7-10H,1H3;2*1-6,8-9H;2*3,6H,1-2H3;;;;/q6*-1;;;;;;. The van der Waals surface area contributed by atoms with Crippen molar-refractivity contribution in [2.75, 3.05) is 0 Å². The molecule has 0 unspecified atom stereocenters. The van der Waals surface area contributed by atoms with Gasteiger partial charge in [0.15, 0.2) is 11.6 Å². The molecule has 0 fully saturated rings. The van der Waals surface area contributed by atoms with Gasteiger partial charge in [0, 0.05) is 146 Å². The molecule has 0 saturated heterocycles. The number of furan rings is 1. The number of nitrogens with zero attached hydrogens (tertiary/aromatic N) is 6. The van der Waals surface area contributed by atoms with Crippen molar-refractivity contribution in [3.63, 3.8) is 0 Å². The molecule has 2 N–H and O–H groups in total. The Hall–Kier alpha value is -11.7. The molecule has 0 bridgehead atoms. The van der Waals surface area contributed by atoms with Gasteiger partial charge < -0.3 is 39.6 Å². The van der Waals surface area contributed by atoms with Crippen molar-refractivity contribution in [3.05, 3.63) is 410 Å². The van der Waals surface area contributed by atoms with Crippen LogP contribution in [0, 0.1) is 75.7 Å². The molecule has 117 heavy (non-hydrogen) atoms. The first-order chi connectivity index (χ1) is 54.8. The zero-order chi connectivity index (χ0) is 79.9. The van der Waals surface area contributed by atoms with E-state index in [4.69, 9.17) is 14.6 Å². The van der Waals surface area contributed by atoms with Crippen LogP contribution in [-0.4, -0.2) is 51.7 Å². The summed E-state index contributed by atoms with van der Waals surface area (Å²) in [6.07, 6.45) is 11.4. The Morgan fingerprint density at radius 1 is 0.410 bits per heavy atom. The molecule has 0 atom stereocenters. The molecule has 10 aromatic carbocycles. The first-order valence-electron chi connectivity index (χ1n) is 36.2.